The molecular formula is C18H15FN2O2. The second-order valence-electron chi connectivity index (χ2n) is 6.03. The lowest BCUT2D eigenvalue weighted by Gasteiger charge is -2.37. The molecule has 1 N–H and O–H groups in total. The lowest BCUT2D eigenvalue weighted by atomic mass is 9.77. The Morgan fingerprint density at radius 2 is 1.96 bits per heavy atom. The topological polar surface area (TPSA) is 55.2 Å². The lowest BCUT2D eigenvalue weighted by molar-refractivity contribution is -0.384. The summed E-state index contributed by atoms with van der Waals surface area (Å²) in [6.07, 6.45) is 5.16. The van der Waals surface area contributed by atoms with Crippen LogP contribution in [-0.4, -0.2) is 4.92 Å². The van der Waals surface area contributed by atoms with Crippen molar-refractivity contribution in [1.82, 2.24) is 0 Å². The largest absolute Gasteiger partial charge is 0.372 e. The Hall–Kier alpha value is -2.69. The summed E-state index contributed by atoms with van der Waals surface area (Å²) in [4.78, 5) is 11.0. The first-order valence-electron chi connectivity index (χ1n) is 7.61. The van der Waals surface area contributed by atoms with Crippen molar-refractivity contribution in [3.8, 4) is 0 Å². The van der Waals surface area contributed by atoms with Crippen LogP contribution in [0.25, 0.3) is 0 Å². The fourth-order valence-corrected chi connectivity index (χ4v) is 3.76. The third-order valence-electron chi connectivity index (χ3n) is 4.80. The van der Waals surface area contributed by atoms with Crippen molar-refractivity contribution in [2.75, 3.05) is 5.32 Å². The molecule has 0 fully saturated rings. The van der Waals surface area contributed by atoms with Gasteiger partial charge in [-0.15, -0.1) is 0 Å². The van der Waals surface area contributed by atoms with E-state index in [1.807, 2.05) is 6.07 Å². The average Bonchev–Trinajstić information content (AvgIpc) is 3.04. The van der Waals surface area contributed by atoms with Gasteiger partial charge in [0, 0.05) is 12.0 Å². The quantitative estimate of drug-likeness (QED) is 0.502. The summed E-state index contributed by atoms with van der Waals surface area (Å²) in [7, 11) is 0. The van der Waals surface area contributed by atoms with Crippen LogP contribution in [0.2, 0.25) is 0 Å². The summed E-state index contributed by atoms with van der Waals surface area (Å²) in [6, 6.07) is 11.5. The van der Waals surface area contributed by atoms with E-state index in [0.717, 1.165) is 17.5 Å². The van der Waals surface area contributed by atoms with E-state index >= 15 is 0 Å². The van der Waals surface area contributed by atoms with E-state index in [9.17, 15) is 14.5 Å². The van der Waals surface area contributed by atoms with Gasteiger partial charge in [0.1, 0.15) is 11.5 Å². The van der Waals surface area contributed by atoms with Gasteiger partial charge in [0.25, 0.3) is 5.69 Å². The van der Waals surface area contributed by atoms with Gasteiger partial charge in [0.15, 0.2) is 0 Å². The van der Waals surface area contributed by atoms with Gasteiger partial charge < -0.3 is 5.32 Å². The molecule has 2 aliphatic rings. The van der Waals surface area contributed by atoms with E-state index in [4.69, 9.17) is 0 Å². The second kappa shape index (κ2) is 5.19. The van der Waals surface area contributed by atoms with Crippen LogP contribution in [-0.2, 0) is 0 Å². The average molecular weight is 310 g/mol. The summed E-state index contributed by atoms with van der Waals surface area (Å²) in [5.74, 6) is 0.160. The van der Waals surface area contributed by atoms with Crippen molar-refractivity contribution < 1.29 is 9.31 Å². The maximum atomic E-state index is 13.2. The van der Waals surface area contributed by atoms with Crippen LogP contribution in [0.3, 0.4) is 0 Å². The molecule has 0 saturated heterocycles. The van der Waals surface area contributed by atoms with E-state index in [-0.39, 0.29) is 34.3 Å². The maximum absolute atomic E-state index is 13.2. The van der Waals surface area contributed by atoms with E-state index < -0.39 is 0 Å². The van der Waals surface area contributed by atoms with Crippen LogP contribution in [0.4, 0.5) is 15.8 Å². The molecule has 1 heterocycles. The number of allylic oxidation sites excluding steroid dienone is 2. The van der Waals surface area contributed by atoms with Crippen molar-refractivity contribution >= 4 is 11.4 Å². The molecule has 0 saturated carbocycles. The maximum Gasteiger partial charge on any atom is 0.292 e. The molecule has 2 aromatic rings. The third kappa shape index (κ3) is 2.20. The molecule has 116 valence electrons. The molecule has 0 radical (unpaired) electrons. The predicted octanol–water partition coefficient (Wildman–Crippen LogP) is 4.56. The molecule has 0 unspecified atom stereocenters. The fraction of sp³-hybridized carbons (Fsp3) is 0.222. The number of nitrogens with one attached hydrogen (secondary N) is 1. The van der Waals surface area contributed by atoms with Crippen molar-refractivity contribution in [3.63, 3.8) is 0 Å². The van der Waals surface area contributed by atoms with Gasteiger partial charge in [0.05, 0.1) is 11.0 Å². The molecule has 3 atom stereocenters. The van der Waals surface area contributed by atoms with Gasteiger partial charge in [-0.25, -0.2) is 4.39 Å². The number of hydrogen-bond donors (Lipinski definition) is 1. The standard InChI is InChI=1S/C18H15FN2O2/c19-12-9-7-11(8-10-12)17-14-4-1-3-13(14)15-5-2-6-16(21(22)23)18(15)20-17/h1-3,5-10,13-14,17,20H,4H2/t13-,14-,17-/m1/s1. The number of nitro benzene ring substituents is 1. The number of hydrogen-bond acceptors (Lipinski definition) is 3. The minimum atomic E-state index is -0.355. The lowest BCUT2D eigenvalue weighted by Crippen LogP contribution is -2.29. The Bertz CT molecular complexity index is 801. The first-order chi connectivity index (χ1) is 11.1. The zero-order chi connectivity index (χ0) is 16.0. The Morgan fingerprint density at radius 1 is 1.17 bits per heavy atom. The van der Waals surface area contributed by atoms with Crippen molar-refractivity contribution in [2.45, 2.75) is 18.4 Å². The van der Waals surface area contributed by atoms with E-state index in [1.54, 1.807) is 18.2 Å². The van der Waals surface area contributed by atoms with Gasteiger partial charge >= 0.3 is 0 Å². The molecular weight excluding hydrogens is 295 g/mol. The monoisotopic (exact) mass is 310 g/mol. The minimum absolute atomic E-state index is 0.0656. The number of nitro groups is 1. The molecule has 2 aromatic carbocycles. The van der Waals surface area contributed by atoms with Crippen LogP contribution in [0, 0.1) is 21.8 Å². The number of fused-ring (bicyclic) bond motifs is 3. The number of halogens is 1. The summed E-state index contributed by atoms with van der Waals surface area (Å²) in [5, 5.41) is 14.7. The first-order valence-corrected chi connectivity index (χ1v) is 7.61. The SMILES string of the molecule is O=[N+]([O-])c1cccc2c1N[C@H](c1ccc(F)cc1)[C@@H]1CC=C[C@@H]21. The summed E-state index contributed by atoms with van der Waals surface area (Å²) < 4.78 is 13.2. The number of rotatable bonds is 2. The van der Waals surface area contributed by atoms with Crippen LogP contribution in [0.1, 0.15) is 29.5 Å². The molecule has 0 spiro atoms. The second-order valence-corrected chi connectivity index (χ2v) is 6.03. The fourth-order valence-electron chi connectivity index (χ4n) is 3.76. The predicted molar refractivity (Wildman–Crippen MR) is 85.8 cm³/mol. The van der Waals surface area contributed by atoms with Crippen molar-refractivity contribution in [3.05, 3.63) is 81.7 Å². The Kier molecular flexibility index (Phi) is 3.15. The highest BCUT2D eigenvalue weighted by Gasteiger charge is 2.40. The van der Waals surface area contributed by atoms with Crippen molar-refractivity contribution in [1.29, 1.82) is 0 Å². The highest BCUT2D eigenvalue weighted by atomic mass is 19.1. The van der Waals surface area contributed by atoms with Crippen molar-refractivity contribution in [2.24, 2.45) is 5.92 Å². The van der Waals surface area contributed by atoms with Gasteiger partial charge in [0.2, 0.25) is 0 Å². The highest BCUT2D eigenvalue weighted by Crippen LogP contribution is 2.51. The zero-order valence-corrected chi connectivity index (χ0v) is 12.3. The molecule has 4 nitrogen and oxygen atoms in total. The molecule has 1 aliphatic carbocycles. The molecule has 23 heavy (non-hydrogen) atoms. The zero-order valence-electron chi connectivity index (χ0n) is 12.3. The highest BCUT2D eigenvalue weighted by molar-refractivity contribution is 5.71. The smallest absolute Gasteiger partial charge is 0.292 e. The normalized spacial score (nSPS) is 24.7. The Labute approximate surface area is 132 Å². The molecule has 1 aliphatic heterocycles. The molecule has 0 amide bonds. The van der Waals surface area contributed by atoms with Gasteiger partial charge in [-0.05, 0) is 35.6 Å². The number of para-hydroxylation sites is 1. The molecule has 0 bridgehead atoms. The Morgan fingerprint density at radius 3 is 2.70 bits per heavy atom. The first kappa shape index (κ1) is 13.9. The van der Waals surface area contributed by atoms with E-state index in [1.165, 1.54) is 18.2 Å². The number of benzene rings is 2. The Balaban J connectivity index is 1.83. The van der Waals surface area contributed by atoms with E-state index in [0.29, 0.717) is 5.69 Å². The molecule has 4 rings (SSSR count). The van der Waals surface area contributed by atoms with Crippen LogP contribution < -0.4 is 5.32 Å². The van der Waals surface area contributed by atoms with Gasteiger partial charge in [-0.1, -0.05) is 36.4 Å². The summed E-state index contributed by atoms with van der Waals surface area (Å²) in [6.45, 7) is 0. The van der Waals surface area contributed by atoms with Crippen LogP contribution in [0.5, 0.6) is 0 Å². The van der Waals surface area contributed by atoms with Gasteiger partial charge in [-0.3, -0.25) is 10.1 Å². The van der Waals surface area contributed by atoms with Crippen LogP contribution >= 0.6 is 0 Å². The molecule has 5 heteroatoms. The summed E-state index contributed by atoms with van der Waals surface area (Å²) in [5.41, 5.74) is 2.60. The summed E-state index contributed by atoms with van der Waals surface area (Å²) >= 11 is 0. The van der Waals surface area contributed by atoms with Gasteiger partial charge in [-0.2, -0.15) is 0 Å². The number of anilines is 1. The number of nitrogens with zero attached hydrogens (tertiary/aromatic N) is 1. The third-order valence-corrected chi connectivity index (χ3v) is 4.80. The van der Waals surface area contributed by atoms with E-state index in [2.05, 4.69) is 17.5 Å². The van der Waals surface area contributed by atoms with Crippen LogP contribution in [0.15, 0.2) is 54.6 Å². The molecule has 0 aromatic heterocycles. The minimum Gasteiger partial charge on any atom is -0.372 e.